The van der Waals surface area contributed by atoms with E-state index in [-0.39, 0.29) is 51.0 Å². The highest BCUT2D eigenvalue weighted by atomic mass is 32.2. The number of nitrogens with zero attached hydrogens (tertiary/aromatic N) is 2. The number of hydrogen-bond acceptors (Lipinski definition) is 8. The highest BCUT2D eigenvalue weighted by Crippen LogP contribution is 2.47. The monoisotopic (exact) mass is 594 g/mol. The van der Waals surface area contributed by atoms with E-state index in [0.29, 0.717) is 24.0 Å². The summed E-state index contributed by atoms with van der Waals surface area (Å²) in [5.41, 5.74) is 0. The number of phosphoric acid groups is 1. The molecule has 1 unspecified atom stereocenters. The van der Waals surface area contributed by atoms with E-state index in [4.69, 9.17) is 9.05 Å². The fraction of sp³-hybridized carbons (Fsp3) is 0.926. The van der Waals surface area contributed by atoms with E-state index in [0.717, 1.165) is 37.9 Å². The van der Waals surface area contributed by atoms with Crippen LogP contribution in [0.4, 0.5) is 0 Å². The number of carbonyl (C=O) groups is 2. The lowest BCUT2D eigenvalue weighted by molar-refractivity contribution is -0.133. The Labute approximate surface area is 238 Å². The summed E-state index contributed by atoms with van der Waals surface area (Å²) < 4.78 is 23.4. The van der Waals surface area contributed by atoms with Crippen LogP contribution in [0.15, 0.2) is 0 Å². The van der Waals surface area contributed by atoms with Crippen molar-refractivity contribution in [1.29, 1.82) is 0 Å². The maximum atomic E-state index is 12.8. The number of hydrogen-bond donors (Lipinski definition) is 3. The second kappa shape index (κ2) is 17.3. The van der Waals surface area contributed by atoms with Gasteiger partial charge in [-0.3, -0.25) is 18.6 Å². The van der Waals surface area contributed by atoms with Crippen molar-refractivity contribution in [2.45, 2.75) is 121 Å². The molecule has 5 atom stereocenters. The number of thioether (sulfide) groups is 1. The van der Waals surface area contributed by atoms with E-state index in [1.807, 2.05) is 0 Å². The standard InChI is InChI=1S/C27H51N2O8PS/c1-20(2)10-7-5-6-8-11-26(32)28-16-24(31)14-23(28)19-36-38(34,35)37-25-15-22(18-30)29(17-25)27(33)12-9-13-39-21(3)4/h20-25,30-31H,5-19H2,1-4H3,(H,34,35)/t22-,23-,24+,25+/m0/s1. The Morgan fingerprint density at radius 3 is 2.23 bits per heavy atom. The van der Waals surface area contributed by atoms with Crippen LogP contribution in [0.2, 0.25) is 0 Å². The number of aliphatic hydroxyl groups is 2. The molecule has 10 nitrogen and oxygen atoms in total. The molecule has 2 amide bonds. The van der Waals surface area contributed by atoms with Gasteiger partial charge in [0.15, 0.2) is 0 Å². The molecule has 0 aromatic rings. The van der Waals surface area contributed by atoms with Crippen molar-refractivity contribution in [2.24, 2.45) is 5.92 Å². The highest BCUT2D eigenvalue weighted by molar-refractivity contribution is 7.99. The van der Waals surface area contributed by atoms with Gasteiger partial charge in [-0.25, -0.2) is 4.57 Å². The fourth-order valence-electron chi connectivity index (χ4n) is 5.20. The van der Waals surface area contributed by atoms with Gasteiger partial charge in [-0.05, 0) is 42.6 Å². The maximum absolute atomic E-state index is 12.8. The molecule has 0 bridgehead atoms. The van der Waals surface area contributed by atoms with Crippen LogP contribution in [-0.4, -0.2) is 98.3 Å². The lowest BCUT2D eigenvalue weighted by Gasteiger charge is -2.25. The van der Waals surface area contributed by atoms with Crippen molar-refractivity contribution in [3.05, 3.63) is 0 Å². The van der Waals surface area contributed by atoms with Gasteiger partial charge in [-0.15, -0.1) is 0 Å². The Bertz CT molecular complexity index is 802. The van der Waals surface area contributed by atoms with Gasteiger partial charge in [0.05, 0.1) is 37.5 Å². The number of amides is 2. The second-order valence-electron chi connectivity index (χ2n) is 11.6. The molecular weight excluding hydrogens is 543 g/mol. The first-order valence-corrected chi connectivity index (χ1v) is 17.1. The topological polar surface area (TPSA) is 137 Å². The van der Waals surface area contributed by atoms with Crippen molar-refractivity contribution in [1.82, 2.24) is 9.80 Å². The van der Waals surface area contributed by atoms with E-state index in [1.165, 1.54) is 11.3 Å². The zero-order valence-electron chi connectivity index (χ0n) is 24.2. The minimum Gasteiger partial charge on any atom is -0.394 e. The van der Waals surface area contributed by atoms with E-state index >= 15 is 0 Å². The predicted octanol–water partition coefficient (Wildman–Crippen LogP) is 3.96. The van der Waals surface area contributed by atoms with E-state index < -0.39 is 32.1 Å². The Morgan fingerprint density at radius 1 is 0.949 bits per heavy atom. The van der Waals surface area contributed by atoms with Gasteiger partial charge in [0.25, 0.3) is 0 Å². The second-order valence-corrected chi connectivity index (χ2v) is 14.7. The fourth-order valence-corrected chi connectivity index (χ4v) is 6.93. The molecule has 2 fully saturated rings. The lowest BCUT2D eigenvalue weighted by atomic mass is 10.0. The summed E-state index contributed by atoms with van der Waals surface area (Å²) in [6, 6.07) is -0.975. The SMILES string of the molecule is CC(C)CCCCCCC(=O)N1C[C@H](O)C[C@H]1COP(=O)(O)O[C@@H]1C[C@@H](CO)N(C(=O)CCCSC(C)C)C1. The average molecular weight is 595 g/mol. The molecule has 2 aliphatic heterocycles. The van der Waals surface area contributed by atoms with Crippen molar-refractivity contribution in [3.63, 3.8) is 0 Å². The van der Waals surface area contributed by atoms with Crippen molar-refractivity contribution in [2.75, 3.05) is 32.1 Å². The van der Waals surface area contributed by atoms with Gasteiger partial charge >= 0.3 is 7.82 Å². The zero-order valence-corrected chi connectivity index (χ0v) is 25.9. The molecular formula is C27H51N2O8PS. The Hall–Kier alpha value is -0.680. The van der Waals surface area contributed by atoms with Crippen LogP contribution >= 0.6 is 19.6 Å². The summed E-state index contributed by atoms with van der Waals surface area (Å²) in [6.07, 6.45) is 5.69. The molecule has 0 radical (unpaired) electrons. The smallest absolute Gasteiger partial charge is 0.394 e. The molecule has 2 aliphatic rings. The van der Waals surface area contributed by atoms with Gasteiger partial charge in [0.1, 0.15) is 0 Å². The van der Waals surface area contributed by atoms with Crippen LogP contribution in [0.3, 0.4) is 0 Å². The summed E-state index contributed by atoms with van der Waals surface area (Å²) in [6.45, 7) is 8.43. The molecule has 2 heterocycles. The summed E-state index contributed by atoms with van der Waals surface area (Å²) >= 11 is 1.78. The largest absolute Gasteiger partial charge is 0.472 e. The first-order chi connectivity index (χ1) is 18.4. The van der Waals surface area contributed by atoms with Gasteiger partial charge in [0, 0.05) is 25.9 Å². The van der Waals surface area contributed by atoms with Crippen LogP contribution in [0, 0.1) is 5.92 Å². The minimum absolute atomic E-state index is 0.0831. The zero-order chi connectivity index (χ0) is 29.0. The van der Waals surface area contributed by atoms with Crippen molar-refractivity contribution >= 4 is 31.4 Å². The van der Waals surface area contributed by atoms with Crippen molar-refractivity contribution < 1.29 is 38.3 Å². The molecule has 2 saturated heterocycles. The summed E-state index contributed by atoms with van der Waals surface area (Å²) in [7, 11) is -4.49. The summed E-state index contributed by atoms with van der Waals surface area (Å²) in [5, 5.41) is 20.4. The summed E-state index contributed by atoms with van der Waals surface area (Å²) in [5.74, 6) is 1.36. The summed E-state index contributed by atoms with van der Waals surface area (Å²) in [4.78, 5) is 38.9. The number of likely N-dealkylation sites (tertiary alicyclic amines) is 2. The molecule has 228 valence electrons. The van der Waals surface area contributed by atoms with Crippen LogP contribution in [0.5, 0.6) is 0 Å². The van der Waals surface area contributed by atoms with E-state index in [1.54, 1.807) is 16.7 Å². The molecule has 3 N–H and O–H groups in total. The van der Waals surface area contributed by atoms with Crippen molar-refractivity contribution in [3.8, 4) is 0 Å². The molecule has 12 heteroatoms. The van der Waals surface area contributed by atoms with Gasteiger partial charge in [-0.2, -0.15) is 11.8 Å². The third kappa shape index (κ3) is 12.8. The number of aliphatic hydroxyl groups excluding tert-OH is 2. The molecule has 0 saturated carbocycles. The number of unbranched alkanes of at least 4 members (excludes halogenated alkanes) is 3. The molecule has 0 aliphatic carbocycles. The molecule has 2 rings (SSSR count). The van der Waals surface area contributed by atoms with Crippen LogP contribution in [0.1, 0.15) is 91.9 Å². The lowest BCUT2D eigenvalue weighted by Crippen LogP contribution is -2.38. The molecule has 0 aromatic heterocycles. The average Bonchev–Trinajstić information content (AvgIpc) is 3.44. The first-order valence-electron chi connectivity index (χ1n) is 14.6. The number of β-amino-alcohol motifs (C(OH)–C–C–N with tert-alkyl or cyclic N) is 1. The van der Waals surface area contributed by atoms with Crippen LogP contribution in [-0.2, 0) is 23.2 Å². The van der Waals surface area contributed by atoms with E-state index in [2.05, 4.69) is 27.7 Å². The Morgan fingerprint density at radius 2 is 1.59 bits per heavy atom. The molecule has 0 aromatic carbocycles. The third-order valence-corrected chi connectivity index (χ3v) is 9.47. The number of carbonyl (C=O) groups excluding carboxylic acids is 2. The first kappa shape index (κ1) is 34.5. The third-order valence-electron chi connectivity index (χ3n) is 7.24. The van der Waals surface area contributed by atoms with E-state index in [9.17, 15) is 29.3 Å². The number of rotatable bonds is 18. The van der Waals surface area contributed by atoms with Gasteiger partial charge < -0.3 is 24.9 Å². The van der Waals surface area contributed by atoms with Gasteiger partial charge in [-0.1, -0.05) is 53.4 Å². The highest BCUT2D eigenvalue weighted by Gasteiger charge is 2.41. The Balaban J connectivity index is 1.79. The molecule has 39 heavy (non-hydrogen) atoms. The number of phosphoric ester groups is 1. The van der Waals surface area contributed by atoms with Gasteiger partial charge in [0.2, 0.25) is 11.8 Å². The van der Waals surface area contributed by atoms with Crippen LogP contribution in [0.25, 0.3) is 0 Å². The minimum atomic E-state index is -4.49. The quantitative estimate of drug-likeness (QED) is 0.159. The Kier molecular flexibility index (Phi) is 15.3. The maximum Gasteiger partial charge on any atom is 0.472 e. The molecule has 0 spiro atoms. The van der Waals surface area contributed by atoms with Crippen LogP contribution < -0.4 is 0 Å². The normalized spacial score (nSPS) is 25.2. The predicted molar refractivity (Wildman–Crippen MR) is 153 cm³/mol.